The summed E-state index contributed by atoms with van der Waals surface area (Å²) < 4.78 is 2.32. The third-order valence-corrected chi connectivity index (χ3v) is 6.76. The maximum atomic E-state index is 3.34. The molecule has 0 bridgehead atoms. The van der Waals surface area contributed by atoms with Crippen LogP contribution in [-0.4, -0.2) is 4.98 Å². The zero-order chi connectivity index (χ0) is 23.0. The summed E-state index contributed by atoms with van der Waals surface area (Å²) in [5.41, 5.74) is 3.68. The minimum absolute atomic E-state index is 1.13. The van der Waals surface area contributed by atoms with Crippen LogP contribution in [0.4, 0.5) is 0 Å². The van der Waals surface area contributed by atoms with Crippen LogP contribution in [0.2, 0.25) is 0 Å². The summed E-state index contributed by atoms with van der Waals surface area (Å²) in [6.07, 6.45) is 30.7. The fourth-order valence-corrected chi connectivity index (χ4v) is 4.64. The van der Waals surface area contributed by atoms with Crippen molar-refractivity contribution in [2.24, 2.45) is 0 Å². The first kappa shape index (κ1) is 25.3. The second kappa shape index (κ2) is 15.5. The summed E-state index contributed by atoms with van der Waals surface area (Å²) in [6.45, 7) is 3.42. The standard InChI is InChI=1S/C31H44N2/c1-2-3-4-5-6-7-8-9-10-11-12-13-14-17-24-33-25-22-28(23-26-33)20-21-29-27-32-31-19-16-15-18-30(29)31/h15-16,18-23,25-27H,2-14,17,24H2,1H3/p+1. The Morgan fingerprint density at radius 3 is 1.88 bits per heavy atom. The Morgan fingerprint density at radius 2 is 1.24 bits per heavy atom. The monoisotopic (exact) mass is 445 g/mol. The van der Waals surface area contributed by atoms with Gasteiger partial charge in [0, 0.05) is 35.7 Å². The highest BCUT2D eigenvalue weighted by Crippen LogP contribution is 2.20. The molecule has 0 amide bonds. The first-order valence-electron chi connectivity index (χ1n) is 13.6. The SMILES string of the molecule is CCCCCCCCCCCCCCCC[n+]1ccc(/C=C/c2c[nH]c3ccccc23)cc1. The van der Waals surface area contributed by atoms with Gasteiger partial charge < -0.3 is 4.98 Å². The molecule has 1 N–H and O–H groups in total. The highest BCUT2D eigenvalue weighted by Gasteiger charge is 2.02. The average molecular weight is 446 g/mol. The van der Waals surface area contributed by atoms with Crippen LogP contribution in [0.25, 0.3) is 23.1 Å². The number of aromatic nitrogens is 2. The van der Waals surface area contributed by atoms with Gasteiger partial charge in [-0.1, -0.05) is 114 Å². The number of H-pyrrole nitrogens is 1. The van der Waals surface area contributed by atoms with E-state index in [0.29, 0.717) is 0 Å². The van der Waals surface area contributed by atoms with Crippen molar-refractivity contribution in [3.05, 3.63) is 66.1 Å². The van der Waals surface area contributed by atoms with E-state index in [4.69, 9.17) is 0 Å². The number of fused-ring (bicyclic) bond motifs is 1. The third-order valence-electron chi connectivity index (χ3n) is 6.76. The molecule has 0 radical (unpaired) electrons. The van der Waals surface area contributed by atoms with Crippen molar-refractivity contribution in [2.45, 2.75) is 103 Å². The molecule has 2 nitrogen and oxygen atoms in total. The molecule has 2 heterocycles. The van der Waals surface area contributed by atoms with E-state index in [9.17, 15) is 0 Å². The number of aromatic amines is 1. The summed E-state index contributed by atoms with van der Waals surface area (Å²) >= 11 is 0. The van der Waals surface area contributed by atoms with Crippen molar-refractivity contribution in [1.82, 2.24) is 4.98 Å². The van der Waals surface area contributed by atoms with Crippen molar-refractivity contribution in [1.29, 1.82) is 0 Å². The van der Waals surface area contributed by atoms with E-state index in [2.05, 4.69) is 83.6 Å². The Bertz CT molecular complexity index is 920. The smallest absolute Gasteiger partial charge is 0.169 e. The van der Waals surface area contributed by atoms with Crippen LogP contribution in [0, 0.1) is 0 Å². The van der Waals surface area contributed by atoms with Gasteiger partial charge in [0.05, 0.1) is 0 Å². The van der Waals surface area contributed by atoms with Crippen LogP contribution in [0.15, 0.2) is 55.0 Å². The van der Waals surface area contributed by atoms with Gasteiger partial charge in [0.15, 0.2) is 12.4 Å². The summed E-state index contributed by atoms with van der Waals surface area (Å²) in [5.74, 6) is 0. The maximum Gasteiger partial charge on any atom is 0.169 e. The molecular formula is C31H45N2+. The van der Waals surface area contributed by atoms with Gasteiger partial charge in [-0.05, 0) is 23.6 Å². The number of hydrogen-bond donors (Lipinski definition) is 1. The van der Waals surface area contributed by atoms with Crippen LogP contribution >= 0.6 is 0 Å². The molecule has 0 saturated carbocycles. The van der Waals surface area contributed by atoms with Crippen LogP contribution in [0.5, 0.6) is 0 Å². The number of nitrogens with zero attached hydrogens (tertiary/aromatic N) is 1. The largest absolute Gasteiger partial charge is 0.361 e. The molecule has 0 fully saturated rings. The van der Waals surface area contributed by atoms with Gasteiger partial charge in [-0.15, -0.1) is 0 Å². The fraction of sp³-hybridized carbons (Fsp3) is 0.516. The Morgan fingerprint density at radius 1 is 0.667 bits per heavy atom. The highest BCUT2D eigenvalue weighted by atomic mass is 14.9. The van der Waals surface area contributed by atoms with Crippen LogP contribution in [-0.2, 0) is 6.54 Å². The number of benzene rings is 1. The Balaban J connectivity index is 1.21. The van der Waals surface area contributed by atoms with Gasteiger partial charge in [-0.25, -0.2) is 4.57 Å². The Kier molecular flexibility index (Phi) is 11.9. The number of pyridine rings is 1. The molecule has 3 rings (SSSR count). The molecule has 0 atom stereocenters. The predicted molar refractivity (Wildman–Crippen MR) is 144 cm³/mol. The molecule has 178 valence electrons. The lowest BCUT2D eigenvalue weighted by Gasteiger charge is -2.03. The molecule has 2 heteroatoms. The van der Waals surface area contributed by atoms with E-state index < -0.39 is 0 Å². The number of unbranched alkanes of at least 4 members (excludes halogenated alkanes) is 13. The van der Waals surface area contributed by atoms with E-state index in [-0.39, 0.29) is 0 Å². The molecule has 0 saturated heterocycles. The topological polar surface area (TPSA) is 19.7 Å². The van der Waals surface area contributed by atoms with Gasteiger partial charge in [0.25, 0.3) is 0 Å². The molecule has 0 spiro atoms. The van der Waals surface area contributed by atoms with Gasteiger partial charge in [0.2, 0.25) is 0 Å². The zero-order valence-corrected chi connectivity index (χ0v) is 20.9. The van der Waals surface area contributed by atoms with Crippen molar-refractivity contribution in [2.75, 3.05) is 0 Å². The van der Waals surface area contributed by atoms with E-state index in [1.165, 1.54) is 112 Å². The lowest BCUT2D eigenvalue weighted by atomic mass is 10.0. The van der Waals surface area contributed by atoms with Crippen LogP contribution in [0.1, 0.15) is 108 Å². The first-order chi connectivity index (χ1) is 16.4. The second-order valence-corrected chi connectivity index (χ2v) is 9.59. The van der Waals surface area contributed by atoms with Crippen molar-refractivity contribution >= 4 is 23.1 Å². The average Bonchev–Trinajstić information content (AvgIpc) is 3.27. The minimum Gasteiger partial charge on any atom is -0.361 e. The lowest BCUT2D eigenvalue weighted by Crippen LogP contribution is -2.32. The second-order valence-electron chi connectivity index (χ2n) is 9.59. The van der Waals surface area contributed by atoms with Gasteiger partial charge in [-0.3, -0.25) is 0 Å². The molecule has 0 aliphatic heterocycles. The van der Waals surface area contributed by atoms with Crippen molar-refractivity contribution in [3.8, 4) is 0 Å². The van der Waals surface area contributed by atoms with Gasteiger partial charge in [-0.2, -0.15) is 0 Å². The number of aryl methyl sites for hydroxylation is 1. The molecule has 0 aliphatic rings. The number of rotatable bonds is 17. The molecular weight excluding hydrogens is 400 g/mol. The van der Waals surface area contributed by atoms with Crippen molar-refractivity contribution < 1.29 is 4.57 Å². The maximum absolute atomic E-state index is 3.34. The number of para-hydroxylation sites is 1. The normalized spacial score (nSPS) is 11.7. The molecule has 2 aromatic heterocycles. The third kappa shape index (κ3) is 9.58. The molecule has 0 aliphatic carbocycles. The summed E-state index contributed by atoms with van der Waals surface area (Å²) in [4.78, 5) is 3.34. The van der Waals surface area contributed by atoms with Gasteiger partial charge >= 0.3 is 0 Å². The van der Waals surface area contributed by atoms with Crippen LogP contribution in [0.3, 0.4) is 0 Å². The molecule has 1 aromatic carbocycles. The summed E-state index contributed by atoms with van der Waals surface area (Å²) in [6, 6.07) is 12.9. The van der Waals surface area contributed by atoms with E-state index >= 15 is 0 Å². The van der Waals surface area contributed by atoms with E-state index in [1.807, 2.05) is 0 Å². The Hall–Kier alpha value is -2.35. The quantitative estimate of drug-likeness (QED) is 0.158. The Labute approximate surface area is 202 Å². The highest BCUT2D eigenvalue weighted by molar-refractivity contribution is 5.91. The molecule has 0 unspecified atom stereocenters. The van der Waals surface area contributed by atoms with E-state index in [0.717, 1.165) is 6.54 Å². The first-order valence-corrected chi connectivity index (χ1v) is 13.6. The summed E-state index contributed by atoms with van der Waals surface area (Å²) in [5, 5.41) is 1.28. The predicted octanol–water partition coefficient (Wildman–Crippen LogP) is 9.11. The molecule has 3 aromatic rings. The van der Waals surface area contributed by atoms with Gasteiger partial charge in [0.1, 0.15) is 6.54 Å². The van der Waals surface area contributed by atoms with E-state index in [1.54, 1.807) is 0 Å². The zero-order valence-electron chi connectivity index (χ0n) is 20.9. The molecule has 33 heavy (non-hydrogen) atoms. The summed E-state index contributed by atoms with van der Waals surface area (Å²) in [7, 11) is 0. The number of hydrogen-bond acceptors (Lipinski definition) is 0. The van der Waals surface area contributed by atoms with Crippen molar-refractivity contribution in [3.63, 3.8) is 0 Å². The van der Waals surface area contributed by atoms with Crippen LogP contribution < -0.4 is 4.57 Å². The number of nitrogens with one attached hydrogen (secondary N) is 1. The lowest BCUT2D eigenvalue weighted by molar-refractivity contribution is -0.697. The fourth-order valence-electron chi connectivity index (χ4n) is 4.64. The minimum atomic E-state index is 1.13.